The van der Waals surface area contributed by atoms with E-state index in [1.807, 2.05) is 52.0 Å². The molecule has 4 heteroatoms. The van der Waals surface area contributed by atoms with Gasteiger partial charge in [0.25, 0.3) is 0 Å². The minimum atomic E-state index is -0.488. The number of carbonyl (C=O) groups is 1. The number of carbonyl (C=O) groups excluding carboxylic acids is 1. The molecule has 0 bridgehead atoms. The lowest BCUT2D eigenvalue weighted by Crippen LogP contribution is -2.27. The van der Waals surface area contributed by atoms with E-state index in [-0.39, 0.29) is 5.25 Å². The van der Waals surface area contributed by atoms with Crippen molar-refractivity contribution in [3.63, 3.8) is 0 Å². The van der Waals surface area contributed by atoms with Gasteiger partial charge in [-0.05, 0) is 45.4 Å². The maximum Gasteiger partial charge on any atom is 0.412 e. The van der Waals surface area contributed by atoms with E-state index in [9.17, 15) is 4.79 Å². The predicted molar refractivity (Wildman–Crippen MR) is 73.7 cm³/mol. The van der Waals surface area contributed by atoms with Crippen LogP contribution in [0, 0.1) is 0 Å². The van der Waals surface area contributed by atoms with Crippen LogP contribution in [0.1, 0.15) is 38.5 Å². The second kappa shape index (κ2) is 5.45. The maximum atomic E-state index is 11.6. The summed E-state index contributed by atoms with van der Waals surface area (Å²) in [6.45, 7) is 7.48. The molecule has 94 valence electrons. The topological polar surface area (TPSA) is 38.3 Å². The largest absolute Gasteiger partial charge is 0.444 e. The van der Waals surface area contributed by atoms with Gasteiger partial charge in [-0.15, -0.1) is 0 Å². The van der Waals surface area contributed by atoms with Gasteiger partial charge in [-0.1, -0.05) is 12.1 Å². The van der Waals surface area contributed by atoms with E-state index in [0.29, 0.717) is 0 Å². The Kier molecular flexibility index (Phi) is 4.46. The number of amides is 1. The van der Waals surface area contributed by atoms with Crippen LogP contribution in [0.15, 0.2) is 24.3 Å². The zero-order valence-corrected chi connectivity index (χ0v) is 11.5. The minimum absolute atomic E-state index is 0.135. The summed E-state index contributed by atoms with van der Waals surface area (Å²) in [5.74, 6) is 0. The molecule has 17 heavy (non-hydrogen) atoms. The smallest absolute Gasteiger partial charge is 0.412 e. The summed E-state index contributed by atoms with van der Waals surface area (Å²) in [7, 11) is 0. The lowest BCUT2D eigenvalue weighted by Gasteiger charge is -2.19. The zero-order valence-electron chi connectivity index (χ0n) is 10.7. The Morgan fingerprint density at radius 1 is 1.41 bits per heavy atom. The molecule has 0 radical (unpaired) electrons. The third-order valence-corrected chi connectivity index (χ3v) is 2.31. The van der Waals surface area contributed by atoms with Crippen LogP contribution in [0.2, 0.25) is 0 Å². The molecule has 0 saturated heterocycles. The third kappa shape index (κ3) is 5.13. The van der Waals surface area contributed by atoms with Gasteiger partial charge in [0, 0.05) is 10.9 Å². The number of anilines is 1. The highest BCUT2D eigenvalue weighted by atomic mass is 32.1. The Labute approximate surface area is 108 Å². The Bertz CT molecular complexity index is 397. The van der Waals surface area contributed by atoms with Crippen LogP contribution in [-0.4, -0.2) is 11.7 Å². The highest BCUT2D eigenvalue weighted by Gasteiger charge is 2.16. The fourth-order valence-corrected chi connectivity index (χ4v) is 1.46. The molecule has 0 saturated carbocycles. The fourth-order valence-electron chi connectivity index (χ4n) is 1.30. The molecule has 0 aliphatic heterocycles. The molecule has 0 aromatic heterocycles. The van der Waals surface area contributed by atoms with Crippen molar-refractivity contribution in [2.24, 2.45) is 0 Å². The summed E-state index contributed by atoms with van der Waals surface area (Å²) in [4.78, 5) is 11.6. The van der Waals surface area contributed by atoms with Crippen molar-refractivity contribution < 1.29 is 9.53 Å². The average Bonchev–Trinajstić information content (AvgIpc) is 2.14. The van der Waals surface area contributed by atoms with Crippen LogP contribution < -0.4 is 5.32 Å². The molecule has 1 amide bonds. The summed E-state index contributed by atoms with van der Waals surface area (Å²) in [6.07, 6.45) is -0.443. The van der Waals surface area contributed by atoms with Crippen LogP contribution in [0.5, 0.6) is 0 Å². The number of benzene rings is 1. The first kappa shape index (κ1) is 13.9. The molecule has 1 aromatic carbocycles. The Balaban J connectivity index is 2.69. The van der Waals surface area contributed by atoms with Crippen LogP contribution in [0.3, 0.4) is 0 Å². The number of hydrogen-bond donors (Lipinski definition) is 2. The molecule has 0 aliphatic carbocycles. The second-order valence-corrected chi connectivity index (χ2v) is 5.70. The van der Waals surface area contributed by atoms with E-state index in [2.05, 4.69) is 17.9 Å². The van der Waals surface area contributed by atoms with Gasteiger partial charge >= 0.3 is 6.09 Å². The molecular formula is C13H19NO2S. The molecule has 1 aromatic rings. The quantitative estimate of drug-likeness (QED) is 0.781. The van der Waals surface area contributed by atoms with E-state index in [4.69, 9.17) is 4.74 Å². The van der Waals surface area contributed by atoms with Gasteiger partial charge in [-0.25, -0.2) is 4.79 Å². The first-order chi connectivity index (χ1) is 7.78. The first-order valence-corrected chi connectivity index (χ1v) is 6.07. The average molecular weight is 253 g/mol. The molecule has 0 spiro atoms. The minimum Gasteiger partial charge on any atom is -0.444 e. The van der Waals surface area contributed by atoms with Gasteiger partial charge in [0.05, 0.1) is 0 Å². The van der Waals surface area contributed by atoms with Gasteiger partial charge < -0.3 is 4.74 Å². The summed E-state index contributed by atoms with van der Waals surface area (Å²) >= 11 is 4.35. The van der Waals surface area contributed by atoms with Gasteiger partial charge in [0.2, 0.25) is 0 Å². The summed E-state index contributed by atoms with van der Waals surface area (Å²) in [5.41, 5.74) is 1.29. The maximum absolute atomic E-state index is 11.6. The molecule has 1 atom stereocenters. The number of nitrogens with one attached hydrogen (secondary N) is 1. The standard InChI is InChI=1S/C13H19NO2S/c1-9(17)10-6-5-7-11(8-10)14-12(15)16-13(2,3)4/h5-9,17H,1-4H3,(H,14,15). The SMILES string of the molecule is CC(S)c1cccc(NC(=O)OC(C)(C)C)c1. The number of ether oxygens (including phenoxy) is 1. The fraction of sp³-hybridized carbons (Fsp3) is 0.462. The van der Waals surface area contributed by atoms with Crippen molar-refractivity contribution in [1.29, 1.82) is 0 Å². The number of hydrogen-bond acceptors (Lipinski definition) is 3. The zero-order chi connectivity index (χ0) is 13.1. The summed E-state index contributed by atoms with van der Waals surface area (Å²) in [5, 5.41) is 2.83. The van der Waals surface area contributed by atoms with E-state index < -0.39 is 11.7 Å². The first-order valence-electron chi connectivity index (χ1n) is 5.56. The van der Waals surface area contributed by atoms with Crippen molar-refractivity contribution in [2.75, 3.05) is 5.32 Å². The Hall–Kier alpha value is -1.16. The lowest BCUT2D eigenvalue weighted by molar-refractivity contribution is 0.0636. The number of rotatable bonds is 2. The molecular weight excluding hydrogens is 234 g/mol. The summed E-state index contributed by atoms with van der Waals surface area (Å²) in [6, 6.07) is 7.57. The van der Waals surface area contributed by atoms with Gasteiger partial charge in [0.1, 0.15) is 5.60 Å². The van der Waals surface area contributed by atoms with Gasteiger partial charge in [-0.3, -0.25) is 5.32 Å². The monoisotopic (exact) mass is 253 g/mol. The third-order valence-electron chi connectivity index (χ3n) is 2.01. The van der Waals surface area contributed by atoms with Gasteiger partial charge in [-0.2, -0.15) is 12.6 Å². The van der Waals surface area contributed by atoms with Crippen LogP contribution in [0.4, 0.5) is 10.5 Å². The molecule has 0 heterocycles. The highest BCUT2D eigenvalue weighted by molar-refractivity contribution is 7.80. The van der Waals surface area contributed by atoms with Crippen molar-refractivity contribution in [1.82, 2.24) is 0 Å². The number of thiol groups is 1. The van der Waals surface area contributed by atoms with Gasteiger partial charge in [0.15, 0.2) is 0 Å². The Morgan fingerprint density at radius 3 is 2.59 bits per heavy atom. The normalized spacial score (nSPS) is 13.0. The molecule has 0 aliphatic rings. The van der Waals surface area contributed by atoms with E-state index in [1.165, 1.54) is 0 Å². The molecule has 1 rings (SSSR count). The van der Waals surface area contributed by atoms with E-state index in [0.717, 1.165) is 11.3 Å². The Morgan fingerprint density at radius 2 is 2.06 bits per heavy atom. The highest BCUT2D eigenvalue weighted by Crippen LogP contribution is 2.22. The lowest BCUT2D eigenvalue weighted by atomic mass is 10.1. The van der Waals surface area contributed by atoms with Crippen LogP contribution >= 0.6 is 12.6 Å². The van der Waals surface area contributed by atoms with Crippen LogP contribution in [-0.2, 0) is 4.74 Å². The molecule has 1 N–H and O–H groups in total. The van der Waals surface area contributed by atoms with Crippen molar-refractivity contribution in [2.45, 2.75) is 38.5 Å². The molecule has 3 nitrogen and oxygen atoms in total. The van der Waals surface area contributed by atoms with Crippen molar-refractivity contribution in [3.05, 3.63) is 29.8 Å². The predicted octanol–water partition coefficient (Wildman–Crippen LogP) is 4.02. The summed E-state index contributed by atoms with van der Waals surface area (Å²) < 4.78 is 5.17. The second-order valence-electron chi connectivity index (χ2n) is 4.93. The molecule has 1 unspecified atom stereocenters. The van der Waals surface area contributed by atoms with Crippen LogP contribution in [0.25, 0.3) is 0 Å². The molecule has 0 fully saturated rings. The van der Waals surface area contributed by atoms with Crippen molar-refractivity contribution in [3.8, 4) is 0 Å². The van der Waals surface area contributed by atoms with E-state index in [1.54, 1.807) is 0 Å². The van der Waals surface area contributed by atoms with E-state index >= 15 is 0 Å². The van der Waals surface area contributed by atoms with Crippen molar-refractivity contribution >= 4 is 24.4 Å².